The molecule has 0 aliphatic carbocycles. The van der Waals surface area contributed by atoms with E-state index in [4.69, 9.17) is 0 Å². The molecule has 2 rings (SSSR count). The minimum atomic E-state index is -3.89. The van der Waals surface area contributed by atoms with Gasteiger partial charge in [-0.05, 0) is 56.7 Å². The van der Waals surface area contributed by atoms with Gasteiger partial charge in [0.25, 0.3) is 0 Å². The van der Waals surface area contributed by atoms with Crippen LogP contribution >= 0.6 is 0 Å². The molecule has 3 atom stereocenters. The second kappa shape index (κ2) is 13.9. The summed E-state index contributed by atoms with van der Waals surface area (Å²) in [6.45, 7) is 8.51. The smallest absolute Gasteiger partial charge is 0.309 e. The number of carbonyl (C=O) groups excluding carboxylic acids is 1. The number of rotatable bonds is 15. The summed E-state index contributed by atoms with van der Waals surface area (Å²) in [4.78, 5) is 25.0. The van der Waals surface area contributed by atoms with Crippen LogP contribution in [-0.2, 0) is 26.0 Å². The van der Waals surface area contributed by atoms with Gasteiger partial charge in [-0.1, -0.05) is 69.3 Å². The predicted molar refractivity (Wildman–Crippen MR) is 148 cm³/mol. The van der Waals surface area contributed by atoms with Gasteiger partial charge in [0, 0.05) is 13.1 Å². The molecule has 0 bridgehead atoms. The molecule has 210 valence electrons. The molecule has 0 radical (unpaired) electrons. The zero-order valence-corrected chi connectivity index (χ0v) is 23.8. The van der Waals surface area contributed by atoms with Crippen molar-refractivity contribution in [3.05, 3.63) is 66.2 Å². The SMILES string of the molecule is CC(C)CCN(C[C@@H](O)[C@H](CCc1ccccc1)NC(=O)[C@H](C)C(C)(C)C(=O)O)S(=O)(=O)c1ccccc1. The number of carboxylic acid groups (broad SMARTS) is 1. The van der Waals surface area contributed by atoms with Gasteiger partial charge in [0.05, 0.1) is 28.4 Å². The van der Waals surface area contributed by atoms with Crippen molar-refractivity contribution in [3.63, 3.8) is 0 Å². The number of aliphatic hydroxyl groups excluding tert-OH is 1. The van der Waals surface area contributed by atoms with Crippen molar-refractivity contribution in [1.82, 2.24) is 9.62 Å². The van der Waals surface area contributed by atoms with Crippen LogP contribution in [0.1, 0.15) is 53.0 Å². The highest BCUT2D eigenvalue weighted by atomic mass is 32.2. The molecule has 0 spiro atoms. The lowest BCUT2D eigenvalue weighted by atomic mass is 9.79. The van der Waals surface area contributed by atoms with Gasteiger partial charge in [0.15, 0.2) is 0 Å². The Hall–Kier alpha value is -2.75. The monoisotopic (exact) mass is 546 g/mol. The van der Waals surface area contributed by atoms with Crippen molar-refractivity contribution in [2.45, 2.75) is 70.9 Å². The number of nitrogens with one attached hydrogen (secondary N) is 1. The van der Waals surface area contributed by atoms with Crippen molar-refractivity contribution in [2.75, 3.05) is 13.1 Å². The van der Waals surface area contributed by atoms with E-state index in [1.807, 2.05) is 44.2 Å². The van der Waals surface area contributed by atoms with Crippen molar-refractivity contribution in [2.24, 2.45) is 17.3 Å². The first-order valence-corrected chi connectivity index (χ1v) is 14.5. The lowest BCUT2D eigenvalue weighted by Crippen LogP contribution is -2.52. The normalized spacial score (nSPS) is 14.7. The summed E-state index contributed by atoms with van der Waals surface area (Å²) < 4.78 is 28.2. The van der Waals surface area contributed by atoms with E-state index in [9.17, 15) is 28.2 Å². The average molecular weight is 547 g/mol. The summed E-state index contributed by atoms with van der Waals surface area (Å²) >= 11 is 0. The van der Waals surface area contributed by atoms with Crippen LogP contribution in [0.2, 0.25) is 0 Å². The molecule has 0 saturated carbocycles. The third-order valence-electron chi connectivity index (χ3n) is 7.13. The number of hydrogen-bond acceptors (Lipinski definition) is 5. The maximum absolute atomic E-state index is 13.5. The summed E-state index contributed by atoms with van der Waals surface area (Å²) in [5, 5.41) is 23.7. The summed E-state index contributed by atoms with van der Waals surface area (Å²) in [6, 6.07) is 16.9. The molecule has 3 N–H and O–H groups in total. The summed E-state index contributed by atoms with van der Waals surface area (Å²) in [5.74, 6) is -2.24. The highest BCUT2D eigenvalue weighted by Gasteiger charge is 2.39. The minimum Gasteiger partial charge on any atom is -0.481 e. The molecular weight excluding hydrogens is 504 g/mol. The fraction of sp³-hybridized carbons (Fsp3) is 0.517. The molecule has 1 amide bonds. The van der Waals surface area contributed by atoms with E-state index in [1.165, 1.54) is 30.3 Å². The van der Waals surface area contributed by atoms with Gasteiger partial charge in [0.2, 0.25) is 15.9 Å². The maximum Gasteiger partial charge on any atom is 0.309 e. The molecular formula is C29H42N2O6S. The molecule has 9 heteroatoms. The number of benzene rings is 2. The quantitative estimate of drug-likeness (QED) is 0.311. The number of aliphatic carboxylic acids is 1. The molecule has 0 aromatic heterocycles. The number of aliphatic hydroxyl groups is 1. The van der Waals surface area contributed by atoms with E-state index in [0.29, 0.717) is 19.3 Å². The molecule has 38 heavy (non-hydrogen) atoms. The Bertz CT molecular complexity index is 1140. The molecule has 0 aliphatic heterocycles. The molecule has 2 aromatic carbocycles. The van der Waals surface area contributed by atoms with Crippen LogP contribution < -0.4 is 5.32 Å². The second-order valence-corrected chi connectivity index (χ2v) is 12.8. The number of sulfonamides is 1. The van der Waals surface area contributed by atoms with Gasteiger partial charge in [-0.2, -0.15) is 4.31 Å². The van der Waals surface area contributed by atoms with Gasteiger partial charge in [-0.15, -0.1) is 0 Å². The van der Waals surface area contributed by atoms with E-state index in [-0.39, 0.29) is 23.9 Å². The zero-order valence-electron chi connectivity index (χ0n) is 23.0. The van der Waals surface area contributed by atoms with Crippen LogP contribution in [-0.4, -0.2) is 60.0 Å². The topological polar surface area (TPSA) is 124 Å². The summed E-state index contributed by atoms with van der Waals surface area (Å²) in [5.41, 5.74) is -0.315. The van der Waals surface area contributed by atoms with Gasteiger partial charge < -0.3 is 15.5 Å². The minimum absolute atomic E-state index is 0.137. The van der Waals surface area contributed by atoms with E-state index >= 15 is 0 Å². The Morgan fingerprint density at radius 1 is 0.947 bits per heavy atom. The highest BCUT2D eigenvalue weighted by molar-refractivity contribution is 7.89. The highest BCUT2D eigenvalue weighted by Crippen LogP contribution is 2.27. The predicted octanol–water partition coefficient (Wildman–Crippen LogP) is 3.95. The fourth-order valence-corrected chi connectivity index (χ4v) is 5.43. The molecule has 0 aliphatic rings. The van der Waals surface area contributed by atoms with Gasteiger partial charge in [0.1, 0.15) is 0 Å². The van der Waals surface area contributed by atoms with Crippen LogP contribution in [0.4, 0.5) is 0 Å². The molecule has 2 aromatic rings. The molecule has 0 heterocycles. The number of aryl methyl sites for hydroxylation is 1. The standard InChI is InChI=1S/C29H42N2O6S/c1-21(2)18-19-31(38(36,37)24-14-10-7-11-15-24)20-26(32)25(17-16-23-12-8-6-9-13-23)30-27(33)22(3)29(4,5)28(34)35/h6-15,21-22,25-26,32H,16-20H2,1-5H3,(H,30,33)(H,34,35)/t22-,25-,26+/m0/s1. The van der Waals surface area contributed by atoms with Crippen LogP contribution in [0.3, 0.4) is 0 Å². The van der Waals surface area contributed by atoms with Gasteiger partial charge in [-0.25, -0.2) is 8.42 Å². The molecule has 0 fully saturated rings. The van der Waals surface area contributed by atoms with E-state index in [2.05, 4.69) is 5.32 Å². The van der Waals surface area contributed by atoms with E-state index in [1.54, 1.807) is 25.1 Å². The third kappa shape index (κ3) is 8.64. The second-order valence-electron chi connectivity index (χ2n) is 10.8. The van der Waals surface area contributed by atoms with E-state index in [0.717, 1.165) is 5.56 Å². The van der Waals surface area contributed by atoms with Crippen molar-refractivity contribution < 1.29 is 28.2 Å². The number of carboxylic acids is 1. The largest absolute Gasteiger partial charge is 0.481 e. The Morgan fingerprint density at radius 2 is 1.50 bits per heavy atom. The van der Waals surface area contributed by atoms with Crippen molar-refractivity contribution in [1.29, 1.82) is 0 Å². The molecule has 0 unspecified atom stereocenters. The first kappa shape index (κ1) is 31.5. The number of hydrogen-bond donors (Lipinski definition) is 3. The summed E-state index contributed by atoms with van der Waals surface area (Å²) in [6.07, 6.45) is 0.273. The van der Waals surface area contributed by atoms with Crippen LogP contribution in [0.5, 0.6) is 0 Å². The van der Waals surface area contributed by atoms with Crippen LogP contribution in [0.15, 0.2) is 65.6 Å². The lowest BCUT2D eigenvalue weighted by Gasteiger charge is -2.32. The van der Waals surface area contributed by atoms with Crippen molar-refractivity contribution in [3.8, 4) is 0 Å². The Morgan fingerprint density at radius 3 is 2.03 bits per heavy atom. The van der Waals surface area contributed by atoms with Gasteiger partial charge in [-0.3, -0.25) is 9.59 Å². The Labute approximate surface area is 227 Å². The zero-order chi connectivity index (χ0) is 28.5. The number of nitrogens with zero attached hydrogens (tertiary/aromatic N) is 1. The lowest BCUT2D eigenvalue weighted by molar-refractivity contribution is -0.153. The molecule has 0 saturated heterocycles. The molecule has 8 nitrogen and oxygen atoms in total. The Balaban J connectivity index is 2.32. The number of amides is 1. The van der Waals surface area contributed by atoms with Crippen molar-refractivity contribution >= 4 is 21.9 Å². The summed E-state index contributed by atoms with van der Waals surface area (Å²) in [7, 11) is -3.89. The first-order valence-electron chi connectivity index (χ1n) is 13.1. The Kier molecular flexibility index (Phi) is 11.5. The maximum atomic E-state index is 13.5. The average Bonchev–Trinajstić information content (AvgIpc) is 2.88. The first-order chi connectivity index (χ1) is 17.8. The van der Waals surface area contributed by atoms with Gasteiger partial charge >= 0.3 is 5.97 Å². The van der Waals surface area contributed by atoms with E-state index < -0.39 is 45.4 Å². The number of carbonyl (C=O) groups is 2. The third-order valence-corrected chi connectivity index (χ3v) is 9.01. The fourth-order valence-electron chi connectivity index (χ4n) is 3.94. The van der Waals surface area contributed by atoms with Crippen LogP contribution in [0, 0.1) is 17.3 Å². The van der Waals surface area contributed by atoms with Crippen LogP contribution in [0.25, 0.3) is 0 Å².